The van der Waals surface area contributed by atoms with E-state index in [1.807, 2.05) is 24.4 Å². The number of aromatic nitrogens is 2. The summed E-state index contributed by atoms with van der Waals surface area (Å²) >= 11 is 17.5. The first kappa shape index (κ1) is 18.7. The number of benzene rings is 2. The molecule has 0 radical (unpaired) electrons. The molecule has 2 aromatic carbocycles. The van der Waals surface area contributed by atoms with Crippen LogP contribution in [0.4, 0.5) is 11.4 Å². The molecule has 1 aromatic heterocycles. The molecule has 4 nitrogen and oxygen atoms in total. The van der Waals surface area contributed by atoms with E-state index in [9.17, 15) is 0 Å². The molecule has 134 valence electrons. The molecule has 2 N–H and O–H groups in total. The van der Waals surface area contributed by atoms with Gasteiger partial charge in [-0.2, -0.15) is 5.10 Å². The van der Waals surface area contributed by atoms with Crippen LogP contribution in [0.2, 0.25) is 10.0 Å². The molecule has 1 heterocycles. The van der Waals surface area contributed by atoms with Gasteiger partial charge in [-0.05, 0) is 67.0 Å². The van der Waals surface area contributed by atoms with E-state index in [1.54, 1.807) is 16.9 Å². The molecule has 3 rings (SSSR count). The van der Waals surface area contributed by atoms with Crippen LogP contribution < -0.4 is 10.6 Å². The molecule has 0 aliphatic carbocycles. The number of rotatable bonds is 4. The van der Waals surface area contributed by atoms with Gasteiger partial charge >= 0.3 is 0 Å². The summed E-state index contributed by atoms with van der Waals surface area (Å²) in [6, 6.07) is 11.6. The predicted octanol–water partition coefficient (Wildman–Crippen LogP) is 5.66. The van der Waals surface area contributed by atoms with E-state index in [-0.39, 0.29) is 0 Å². The zero-order chi connectivity index (χ0) is 18.7. The van der Waals surface area contributed by atoms with E-state index in [4.69, 9.17) is 35.4 Å². The van der Waals surface area contributed by atoms with Crippen molar-refractivity contribution in [3.63, 3.8) is 0 Å². The van der Waals surface area contributed by atoms with Crippen molar-refractivity contribution in [3.05, 3.63) is 75.5 Å². The molecule has 0 fully saturated rings. The largest absolute Gasteiger partial charge is 0.332 e. The van der Waals surface area contributed by atoms with Gasteiger partial charge < -0.3 is 10.6 Å². The number of aryl methyl sites for hydroxylation is 2. The van der Waals surface area contributed by atoms with Crippen LogP contribution in [-0.4, -0.2) is 14.9 Å². The van der Waals surface area contributed by atoms with Crippen LogP contribution in [0.15, 0.2) is 48.8 Å². The van der Waals surface area contributed by atoms with Gasteiger partial charge in [0.15, 0.2) is 5.11 Å². The Morgan fingerprint density at radius 2 is 1.81 bits per heavy atom. The lowest BCUT2D eigenvalue weighted by Crippen LogP contribution is -2.18. The zero-order valence-corrected chi connectivity index (χ0v) is 16.7. The van der Waals surface area contributed by atoms with Gasteiger partial charge in [-0.15, -0.1) is 0 Å². The molecule has 0 atom stereocenters. The molecule has 0 saturated carbocycles. The number of anilines is 2. The first-order valence-corrected chi connectivity index (χ1v) is 9.19. The van der Waals surface area contributed by atoms with Crippen LogP contribution in [0.25, 0.3) is 0 Å². The van der Waals surface area contributed by atoms with E-state index < -0.39 is 0 Å². The molecular weight excluding hydrogens is 387 g/mol. The third kappa shape index (κ3) is 4.75. The number of halogens is 2. The summed E-state index contributed by atoms with van der Waals surface area (Å²) in [7, 11) is 0. The minimum atomic E-state index is 0.511. The zero-order valence-electron chi connectivity index (χ0n) is 14.4. The van der Waals surface area contributed by atoms with Crippen LogP contribution >= 0.6 is 35.4 Å². The Morgan fingerprint density at radius 1 is 1.04 bits per heavy atom. The van der Waals surface area contributed by atoms with E-state index in [0.29, 0.717) is 21.7 Å². The molecule has 3 aromatic rings. The highest BCUT2D eigenvalue weighted by Crippen LogP contribution is 2.22. The summed E-state index contributed by atoms with van der Waals surface area (Å²) < 4.78 is 1.79. The second-order valence-electron chi connectivity index (χ2n) is 6.04. The van der Waals surface area contributed by atoms with Crippen molar-refractivity contribution < 1.29 is 0 Å². The van der Waals surface area contributed by atoms with E-state index >= 15 is 0 Å². The van der Waals surface area contributed by atoms with Gasteiger partial charge in [0.05, 0.1) is 18.4 Å². The van der Waals surface area contributed by atoms with Gasteiger partial charge in [-0.25, -0.2) is 0 Å². The summed E-state index contributed by atoms with van der Waals surface area (Å²) in [5, 5.41) is 12.4. The van der Waals surface area contributed by atoms with Crippen molar-refractivity contribution in [1.29, 1.82) is 0 Å². The quantitative estimate of drug-likeness (QED) is 0.550. The Bertz CT molecular complexity index is 952. The minimum Gasteiger partial charge on any atom is -0.332 e. The fourth-order valence-electron chi connectivity index (χ4n) is 2.45. The van der Waals surface area contributed by atoms with Gasteiger partial charge in [0.25, 0.3) is 0 Å². The minimum absolute atomic E-state index is 0.511. The molecule has 0 aliphatic heterocycles. The highest BCUT2D eigenvalue weighted by Gasteiger charge is 2.06. The highest BCUT2D eigenvalue weighted by molar-refractivity contribution is 7.80. The predicted molar refractivity (Wildman–Crippen MR) is 114 cm³/mol. The number of thiocarbonyl (C=S) groups is 1. The Kier molecular flexibility index (Phi) is 5.81. The summed E-state index contributed by atoms with van der Waals surface area (Å²) in [6.45, 7) is 4.70. The lowest BCUT2D eigenvalue weighted by atomic mass is 10.1. The Hall–Kier alpha value is -2.08. The number of hydrogen-bond acceptors (Lipinski definition) is 2. The number of hydrogen-bond donors (Lipinski definition) is 2. The molecule has 0 amide bonds. The molecule has 0 spiro atoms. The van der Waals surface area contributed by atoms with Gasteiger partial charge in [0.1, 0.15) is 0 Å². The van der Waals surface area contributed by atoms with Crippen LogP contribution in [0.3, 0.4) is 0 Å². The van der Waals surface area contributed by atoms with Gasteiger partial charge in [0, 0.05) is 21.9 Å². The van der Waals surface area contributed by atoms with Crippen LogP contribution in [0.1, 0.15) is 16.7 Å². The second-order valence-corrected chi connectivity index (χ2v) is 7.29. The second kappa shape index (κ2) is 8.08. The third-order valence-corrected chi connectivity index (χ3v) is 4.79. The van der Waals surface area contributed by atoms with Crippen LogP contribution in [0, 0.1) is 13.8 Å². The van der Waals surface area contributed by atoms with E-state index in [1.165, 1.54) is 11.1 Å². The van der Waals surface area contributed by atoms with Crippen molar-refractivity contribution in [3.8, 4) is 0 Å². The van der Waals surface area contributed by atoms with E-state index in [2.05, 4.69) is 41.7 Å². The lowest BCUT2D eigenvalue weighted by Gasteiger charge is -2.10. The Morgan fingerprint density at radius 3 is 2.54 bits per heavy atom. The summed E-state index contributed by atoms with van der Waals surface area (Å²) in [5.41, 5.74) is 5.16. The van der Waals surface area contributed by atoms with Crippen molar-refractivity contribution in [2.24, 2.45) is 0 Å². The molecule has 0 unspecified atom stereocenters. The standard InChI is InChI=1S/C19H18Cl2N4S/c1-12-3-6-16(7-13(12)2)23-19(26)24-17-9-22-25(11-17)10-14-4-5-15(20)8-18(14)21/h3-9,11H,10H2,1-2H3,(H2,23,24,26). The van der Waals surface area contributed by atoms with E-state index in [0.717, 1.165) is 16.9 Å². The Balaban J connectivity index is 1.62. The first-order chi connectivity index (χ1) is 12.4. The van der Waals surface area contributed by atoms with Gasteiger partial charge in [-0.3, -0.25) is 4.68 Å². The molecule has 7 heteroatoms. The summed E-state index contributed by atoms with van der Waals surface area (Å²) in [5.74, 6) is 0. The molecule has 0 saturated heterocycles. The molecule has 0 bridgehead atoms. The highest BCUT2D eigenvalue weighted by atomic mass is 35.5. The van der Waals surface area contributed by atoms with Crippen molar-refractivity contribution in [2.75, 3.05) is 10.6 Å². The number of nitrogens with zero attached hydrogens (tertiary/aromatic N) is 2. The third-order valence-electron chi connectivity index (χ3n) is 4.00. The van der Waals surface area contributed by atoms with Gasteiger partial charge in [-0.1, -0.05) is 35.3 Å². The average Bonchev–Trinajstić information content (AvgIpc) is 3.00. The fourth-order valence-corrected chi connectivity index (χ4v) is 3.16. The smallest absolute Gasteiger partial charge is 0.175 e. The summed E-state index contributed by atoms with van der Waals surface area (Å²) in [6.07, 6.45) is 3.59. The molecule has 0 aliphatic rings. The monoisotopic (exact) mass is 404 g/mol. The normalized spacial score (nSPS) is 10.6. The van der Waals surface area contributed by atoms with Gasteiger partial charge in [0.2, 0.25) is 0 Å². The topological polar surface area (TPSA) is 41.9 Å². The number of nitrogens with one attached hydrogen (secondary N) is 2. The first-order valence-electron chi connectivity index (χ1n) is 8.02. The van der Waals surface area contributed by atoms with Crippen molar-refractivity contribution in [2.45, 2.75) is 20.4 Å². The fraction of sp³-hybridized carbons (Fsp3) is 0.158. The SMILES string of the molecule is Cc1ccc(NC(=S)Nc2cnn(Cc3ccc(Cl)cc3Cl)c2)cc1C. The maximum Gasteiger partial charge on any atom is 0.175 e. The summed E-state index contributed by atoms with van der Waals surface area (Å²) in [4.78, 5) is 0. The van der Waals surface area contributed by atoms with Crippen LogP contribution in [-0.2, 0) is 6.54 Å². The average molecular weight is 405 g/mol. The lowest BCUT2D eigenvalue weighted by molar-refractivity contribution is 0.687. The van der Waals surface area contributed by atoms with Crippen LogP contribution in [0.5, 0.6) is 0 Å². The molecule has 26 heavy (non-hydrogen) atoms. The van der Waals surface area contributed by atoms with Crippen molar-refractivity contribution >= 4 is 51.9 Å². The van der Waals surface area contributed by atoms with Crippen molar-refractivity contribution in [1.82, 2.24) is 9.78 Å². The maximum absolute atomic E-state index is 6.21. The Labute approximate surface area is 168 Å². The maximum atomic E-state index is 6.21. The molecular formula is C19H18Cl2N4S.